The van der Waals surface area contributed by atoms with Gasteiger partial charge >= 0.3 is 0 Å². The molecule has 2 rings (SSSR count). The van der Waals surface area contributed by atoms with Gasteiger partial charge in [0.15, 0.2) is 11.5 Å². The molecule has 0 amide bonds. The van der Waals surface area contributed by atoms with Crippen molar-refractivity contribution >= 4 is 5.69 Å². The molecule has 1 aliphatic rings. The molecule has 3 heteroatoms. The molecule has 1 aromatic rings. The van der Waals surface area contributed by atoms with E-state index in [0.29, 0.717) is 17.4 Å². The van der Waals surface area contributed by atoms with Crippen LogP contribution in [0.3, 0.4) is 0 Å². The molecule has 0 radical (unpaired) electrons. The lowest BCUT2D eigenvalue weighted by Crippen LogP contribution is -2.39. The Kier molecular flexibility index (Phi) is 5.02. The molecule has 0 aromatic heterocycles. The Morgan fingerprint density at radius 3 is 2.29 bits per heavy atom. The normalized spacial score (nSPS) is 22.7. The Morgan fingerprint density at radius 2 is 1.67 bits per heavy atom. The molecule has 1 saturated carbocycles. The van der Waals surface area contributed by atoms with E-state index in [1.165, 1.54) is 25.7 Å². The lowest BCUT2D eigenvalue weighted by Gasteiger charge is -2.41. The molecule has 1 aromatic carbocycles. The Morgan fingerprint density at radius 1 is 1.00 bits per heavy atom. The minimum Gasteiger partial charge on any atom is -0.493 e. The molecular formula is C18H29NO2. The fourth-order valence-electron chi connectivity index (χ4n) is 3.48. The van der Waals surface area contributed by atoms with E-state index in [2.05, 4.69) is 32.2 Å². The third kappa shape index (κ3) is 3.84. The second kappa shape index (κ2) is 6.59. The van der Waals surface area contributed by atoms with Crippen LogP contribution in [-0.4, -0.2) is 20.3 Å². The van der Waals surface area contributed by atoms with E-state index in [0.717, 1.165) is 17.2 Å². The van der Waals surface area contributed by atoms with Crippen LogP contribution in [0.2, 0.25) is 0 Å². The first-order chi connectivity index (χ1) is 9.95. The Balaban J connectivity index is 2.15. The average molecular weight is 291 g/mol. The van der Waals surface area contributed by atoms with E-state index in [4.69, 9.17) is 9.47 Å². The fourth-order valence-corrected chi connectivity index (χ4v) is 3.48. The van der Waals surface area contributed by atoms with Crippen LogP contribution < -0.4 is 14.8 Å². The van der Waals surface area contributed by atoms with Crippen molar-refractivity contribution in [3.63, 3.8) is 0 Å². The highest BCUT2D eigenvalue weighted by Gasteiger charge is 2.34. The van der Waals surface area contributed by atoms with Gasteiger partial charge in [-0.25, -0.2) is 0 Å². The maximum absolute atomic E-state index is 5.40. The minimum atomic E-state index is 0.342. The maximum Gasteiger partial charge on any atom is 0.162 e. The highest BCUT2D eigenvalue weighted by Crippen LogP contribution is 2.40. The fraction of sp³-hybridized carbons (Fsp3) is 0.667. The lowest BCUT2D eigenvalue weighted by atomic mass is 9.69. The number of nitrogens with one attached hydrogen (secondary N) is 1. The smallest absolute Gasteiger partial charge is 0.162 e. The number of methoxy groups -OCH3 is 2. The predicted octanol–water partition coefficient (Wildman–Crippen LogP) is 4.72. The van der Waals surface area contributed by atoms with Gasteiger partial charge in [-0.15, -0.1) is 0 Å². The molecule has 0 heterocycles. The molecule has 0 bridgehead atoms. The predicted molar refractivity (Wildman–Crippen MR) is 88.4 cm³/mol. The standard InChI is InChI=1S/C18H29NO2/c1-18(2,3)14-8-6-7-9-15(14)19-13-10-11-16(20-4)17(12-13)21-5/h10-12,14-15,19H,6-9H2,1-5H3. The summed E-state index contributed by atoms with van der Waals surface area (Å²) in [4.78, 5) is 0. The van der Waals surface area contributed by atoms with Crippen molar-refractivity contribution < 1.29 is 9.47 Å². The summed E-state index contributed by atoms with van der Waals surface area (Å²) in [6, 6.07) is 6.62. The van der Waals surface area contributed by atoms with Crippen molar-refractivity contribution in [3.8, 4) is 11.5 Å². The number of anilines is 1. The zero-order valence-electron chi connectivity index (χ0n) is 14.0. The first-order valence-electron chi connectivity index (χ1n) is 7.94. The monoisotopic (exact) mass is 291 g/mol. The van der Waals surface area contributed by atoms with Gasteiger partial charge in [0, 0.05) is 17.8 Å². The summed E-state index contributed by atoms with van der Waals surface area (Å²) in [5.74, 6) is 2.27. The maximum atomic E-state index is 5.40. The van der Waals surface area contributed by atoms with E-state index >= 15 is 0 Å². The SMILES string of the molecule is COc1ccc(NC2CCCCC2C(C)(C)C)cc1OC. The van der Waals surface area contributed by atoms with Gasteiger partial charge in [-0.3, -0.25) is 0 Å². The van der Waals surface area contributed by atoms with Gasteiger partial charge in [-0.05, 0) is 36.3 Å². The Bertz CT molecular complexity index is 465. The van der Waals surface area contributed by atoms with Crippen molar-refractivity contribution in [1.82, 2.24) is 0 Å². The van der Waals surface area contributed by atoms with Crippen LogP contribution in [0.4, 0.5) is 5.69 Å². The van der Waals surface area contributed by atoms with Crippen molar-refractivity contribution in [2.24, 2.45) is 11.3 Å². The van der Waals surface area contributed by atoms with Crippen LogP contribution in [-0.2, 0) is 0 Å². The third-order valence-electron chi connectivity index (χ3n) is 4.61. The quantitative estimate of drug-likeness (QED) is 0.870. The first kappa shape index (κ1) is 16.0. The third-order valence-corrected chi connectivity index (χ3v) is 4.61. The molecule has 2 atom stereocenters. The molecule has 21 heavy (non-hydrogen) atoms. The zero-order valence-corrected chi connectivity index (χ0v) is 14.0. The number of benzene rings is 1. The van der Waals surface area contributed by atoms with Crippen molar-refractivity contribution in [2.75, 3.05) is 19.5 Å². The van der Waals surface area contributed by atoms with E-state index in [1.54, 1.807) is 14.2 Å². The van der Waals surface area contributed by atoms with Gasteiger partial charge in [-0.1, -0.05) is 33.6 Å². The van der Waals surface area contributed by atoms with Crippen molar-refractivity contribution in [1.29, 1.82) is 0 Å². The average Bonchev–Trinajstić information content (AvgIpc) is 2.46. The van der Waals surface area contributed by atoms with Gasteiger partial charge in [0.1, 0.15) is 0 Å². The second-order valence-electron chi connectivity index (χ2n) is 7.08. The molecule has 3 nitrogen and oxygen atoms in total. The largest absolute Gasteiger partial charge is 0.493 e. The molecule has 0 spiro atoms. The minimum absolute atomic E-state index is 0.342. The van der Waals surface area contributed by atoms with Gasteiger partial charge in [0.2, 0.25) is 0 Å². The van der Waals surface area contributed by atoms with Crippen LogP contribution in [0.15, 0.2) is 18.2 Å². The molecule has 0 aliphatic heterocycles. The van der Waals surface area contributed by atoms with Gasteiger partial charge in [0.05, 0.1) is 14.2 Å². The first-order valence-corrected chi connectivity index (χ1v) is 7.94. The van der Waals surface area contributed by atoms with Gasteiger partial charge < -0.3 is 14.8 Å². The molecular weight excluding hydrogens is 262 g/mol. The summed E-state index contributed by atoms with van der Waals surface area (Å²) in [5, 5.41) is 3.73. The summed E-state index contributed by atoms with van der Waals surface area (Å²) in [6.45, 7) is 7.06. The van der Waals surface area contributed by atoms with E-state index in [9.17, 15) is 0 Å². The highest BCUT2D eigenvalue weighted by molar-refractivity contribution is 5.55. The molecule has 1 aliphatic carbocycles. The number of hydrogen-bond donors (Lipinski definition) is 1. The number of hydrogen-bond acceptors (Lipinski definition) is 3. The number of rotatable bonds is 4. The second-order valence-corrected chi connectivity index (χ2v) is 7.08. The van der Waals surface area contributed by atoms with Crippen molar-refractivity contribution in [2.45, 2.75) is 52.5 Å². The molecule has 0 saturated heterocycles. The summed E-state index contributed by atoms with van der Waals surface area (Å²) in [7, 11) is 3.35. The molecule has 1 N–H and O–H groups in total. The molecule has 1 fully saturated rings. The van der Waals surface area contributed by atoms with Crippen LogP contribution in [0.1, 0.15) is 46.5 Å². The van der Waals surface area contributed by atoms with E-state index in [-0.39, 0.29) is 0 Å². The summed E-state index contributed by atoms with van der Waals surface area (Å²) >= 11 is 0. The van der Waals surface area contributed by atoms with Crippen LogP contribution >= 0.6 is 0 Å². The molecule has 118 valence electrons. The number of ether oxygens (including phenoxy) is 2. The summed E-state index contributed by atoms with van der Waals surface area (Å²) in [5.41, 5.74) is 1.46. The van der Waals surface area contributed by atoms with E-state index < -0.39 is 0 Å². The topological polar surface area (TPSA) is 30.5 Å². The zero-order chi connectivity index (χ0) is 15.5. The lowest BCUT2D eigenvalue weighted by molar-refractivity contribution is 0.163. The van der Waals surface area contributed by atoms with Crippen LogP contribution in [0, 0.1) is 11.3 Å². The van der Waals surface area contributed by atoms with Gasteiger partial charge in [-0.2, -0.15) is 0 Å². The summed E-state index contributed by atoms with van der Waals surface area (Å²) < 4.78 is 10.7. The van der Waals surface area contributed by atoms with Crippen molar-refractivity contribution in [3.05, 3.63) is 18.2 Å². The Hall–Kier alpha value is -1.38. The molecule has 2 unspecified atom stereocenters. The van der Waals surface area contributed by atoms with Gasteiger partial charge in [0.25, 0.3) is 0 Å². The highest BCUT2D eigenvalue weighted by atomic mass is 16.5. The van der Waals surface area contributed by atoms with Crippen LogP contribution in [0.25, 0.3) is 0 Å². The summed E-state index contributed by atoms with van der Waals surface area (Å²) in [6.07, 6.45) is 5.23. The Labute approximate surface area is 129 Å². The van der Waals surface area contributed by atoms with Crippen LogP contribution in [0.5, 0.6) is 11.5 Å². The van der Waals surface area contributed by atoms with E-state index in [1.807, 2.05) is 12.1 Å².